The minimum Gasteiger partial charge on any atom is -0.464 e. The van der Waals surface area contributed by atoms with Crippen molar-refractivity contribution in [3.8, 4) is 0 Å². The van der Waals surface area contributed by atoms with Crippen molar-refractivity contribution in [3.05, 3.63) is 23.8 Å². The Morgan fingerprint density at radius 3 is 2.27 bits per heavy atom. The molecule has 73 heavy (non-hydrogen) atoms. The van der Waals surface area contributed by atoms with Gasteiger partial charge in [0.15, 0.2) is 23.8 Å². The summed E-state index contributed by atoms with van der Waals surface area (Å²) in [5.74, 6) is -6.17. The number of nitrogens with zero attached hydrogens (tertiary/aromatic N) is 2. The number of halogens is 1. The van der Waals surface area contributed by atoms with Crippen LogP contribution in [0.25, 0.3) is 0 Å². The Labute approximate surface area is 431 Å². The van der Waals surface area contributed by atoms with Gasteiger partial charge in [-0.05, 0) is 148 Å². The van der Waals surface area contributed by atoms with Crippen molar-refractivity contribution in [3.63, 3.8) is 0 Å². The van der Waals surface area contributed by atoms with Gasteiger partial charge in [-0.3, -0.25) is 14.4 Å². The second-order valence-electron chi connectivity index (χ2n) is 24.6. The van der Waals surface area contributed by atoms with Crippen LogP contribution < -0.4 is 0 Å². The number of aliphatic hydroxyl groups excluding tert-OH is 3. The summed E-state index contributed by atoms with van der Waals surface area (Å²) in [5, 5.41) is 71.4. The highest BCUT2D eigenvalue weighted by molar-refractivity contribution is 6.01. The van der Waals surface area contributed by atoms with Gasteiger partial charge in [0.25, 0.3) is 0 Å². The van der Waals surface area contributed by atoms with Gasteiger partial charge in [-0.25, -0.2) is 9.18 Å². The second-order valence-corrected chi connectivity index (χ2v) is 24.6. The van der Waals surface area contributed by atoms with Crippen molar-refractivity contribution in [2.24, 2.45) is 52.3 Å². The Bertz CT molecular complexity index is 2100. The molecule has 414 valence electrons. The molecule has 0 aromatic rings. The van der Waals surface area contributed by atoms with Crippen LogP contribution in [0.1, 0.15) is 127 Å². The fourth-order valence-electron chi connectivity index (χ4n) is 15.0. The van der Waals surface area contributed by atoms with E-state index in [0.29, 0.717) is 25.0 Å². The Balaban J connectivity index is 1.01. The molecule has 6 N–H and O–H groups in total. The highest BCUT2D eigenvalue weighted by atomic mass is 19.1. The number of carbonyl (C=O) groups is 4. The molecular weight excluding hydrogens is 948 g/mol. The van der Waals surface area contributed by atoms with Gasteiger partial charge in [0.1, 0.15) is 24.0 Å². The molecular formula is C55H87FN2O15. The largest absolute Gasteiger partial charge is 0.464 e. The molecule has 0 aromatic heterocycles. The van der Waals surface area contributed by atoms with Gasteiger partial charge < -0.3 is 64.1 Å². The Kier molecular flexibility index (Phi) is 17.0. The SMILES string of the molecule is CC[C@H]1OC(=O)[C@H](C)[C@@H](O)[C@H](C)C(O[C@@H]2O[C@H](C)C[C@@H](N(C)C)[C@H]2OC(=O)CCCCOC(=O)[C@@]2(O)[C@H](C)CC3C4C[C@H](F)C5=CC(=O)C=C[C@]5(C)C4[C@@H](O)C[C@@]32C)[C@]2(O)C[C@H](CN(C)[C@H](C)[C@@H](O)[C@]1(C)O)C2. The first kappa shape index (κ1) is 57.8. The normalized spacial score (nSPS) is 48.5. The number of aliphatic hydroxyl groups is 6. The molecule has 2 bridgehead atoms. The lowest BCUT2D eigenvalue weighted by Crippen LogP contribution is -2.64. The van der Waals surface area contributed by atoms with Crippen LogP contribution in [-0.2, 0) is 42.9 Å². The van der Waals surface area contributed by atoms with Crippen molar-refractivity contribution in [1.82, 2.24) is 9.80 Å². The van der Waals surface area contributed by atoms with E-state index in [2.05, 4.69) is 0 Å². The van der Waals surface area contributed by atoms with E-state index >= 15 is 4.39 Å². The number of esters is 3. The van der Waals surface area contributed by atoms with Crippen LogP contribution in [0.5, 0.6) is 0 Å². The zero-order valence-electron chi connectivity index (χ0n) is 45.2. The minimum atomic E-state index is -1.97. The lowest BCUT2D eigenvalue weighted by atomic mass is 9.46. The third kappa shape index (κ3) is 10.4. The molecule has 17 nitrogen and oxygen atoms in total. The Morgan fingerprint density at radius 2 is 1.63 bits per heavy atom. The van der Waals surface area contributed by atoms with E-state index < -0.39 is 124 Å². The third-order valence-electron chi connectivity index (χ3n) is 19.5. The summed E-state index contributed by atoms with van der Waals surface area (Å²) in [6.07, 6.45) is -3.15. The molecule has 8 rings (SSSR count). The lowest BCUT2D eigenvalue weighted by molar-refractivity contribution is -0.313. The smallest absolute Gasteiger partial charge is 0.338 e. The number of ketones is 1. The molecule has 5 aliphatic carbocycles. The van der Waals surface area contributed by atoms with Crippen molar-refractivity contribution in [1.29, 1.82) is 0 Å². The molecule has 0 radical (unpaired) electrons. The van der Waals surface area contributed by atoms with Crippen molar-refractivity contribution in [2.45, 2.75) is 211 Å². The van der Waals surface area contributed by atoms with Gasteiger partial charge in [0.05, 0.1) is 48.6 Å². The van der Waals surface area contributed by atoms with E-state index in [-0.39, 0.29) is 93.7 Å². The number of rotatable bonds is 11. The average Bonchev–Trinajstić information content (AvgIpc) is 3.52. The number of allylic oxidation sites excluding steroid dienone is 4. The van der Waals surface area contributed by atoms with Gasteiger partial charge >= 0.3 is 17.9 Å². The molecule has 3 aliphatic heterocycles. The van der Waals surface area contributed by atoms with Crippen LogP contribution in [-0.4, -0.2) is 183 Å². The summed E-state index contributed by atoms with van der Waals surface area (Å²) in [7, 11) is 5.52. The van der Waals surface area contributed by atoms with Gasteiger partial charge in [0, 0.05) is 41.7 Å². The summed E-state index contributed by atoms with van der Waals surface area (Å²) < 4.78 is 46.9. The van der Waals surface area contributed by atoms with E-state index in [1.807, 2.05) is 44.8 Å². The molecule has 3 saturated heterocycles. The zero-order chi connectivity index (χ0) is 54.1. The summed E-state index contributed by atoms with van der Waals surface area (Å²) in [5.41, 5.74) is -6.91. The number of ether oxygens (including phenoxy) is 5. The van der Waals surface area contributed by atoms with Crippen molar-refractivity contribution < 1.29 is 77.9 Å². The van der Waals surface area contributed by atoms with Crippen LogP contribution >= 0.6 is 0 Å². The molecule has 3 heterocycles. The number of likely N-dealkylation sites (N-methyl/N-ethyl adjacent to an activating group) is 2. The first-order chi connectivity index (χ1) is 34.0. The monoisotopic (exact) mass is 1030 g/mol. The summed E-state index contributed by atoms with van der Waals surface area (Å²) in [6.45, 7) is 15.8. The highest BCUT2D eigenvalue weighted by Crippen LogP contribution is 2.68. The van der Waals surface area contributed by atoms with E-state index in [9.17, 15) is 49.8 Å². The molecule has 0 amide bonds. The second kappa shape index (κ2) is 21.5. The van der Waals surface area contributed by atoms with Crippen LogP contribution in [0.3, 0.4) is 0 Å². The molecule has 4 unspecified atom stereocenters. The topological polar surface area (TPSA) is 242 Å². The molecule has 8 aliphatic rings. The maximum absolute atomic E-state index is 15.9. The number of hydrogen-bond donors (Lipinski definition) is 6. The van der Waals surface area contributed by atoms with E-state index in [0.717, 1.165) is 0 Å². The van der Waals surface area contributed by atoms with E-state index in [4.69, 9.17) is 23.7 Å². The van der Waals surface area contributed by atoms with Gasteiger partial charge in [-0.1, -0.05) is 40.7 Å². The maximum atomic E-state index is 15.9. The molecule has 4 saturated carbocycles. The quantitative estimate of drug-likeness (QED) is 0.0980. The zero-order valence-corrected chi connectivity index (χ0v) is 45.2. The maximum Gasteiger partial charge on any atom is 0.338 e. The van der Waals surface area contributed by atoms with Gasteiger partial charge in [-0.15, -0.1) is 0 Å². The third-order valence-corrected chi connectivity index (χ3v) is 19.5. The summed E-state index contributed by atoms with van der Waals surface area (Å²) in [4.78, 5) is 57.6. The Hall–Kier alpha value is -2.91. The van der Waals surface area contributed by atoms with Crippen molar-refractivity contribution in [2.75, 3.05) is 34.3 Å². The number of carbonyl (C=O) groups excluding carboxylic acids is 4. The predicted octanol–water partition coefficient (Wildman–Crippen LogP) is 3.81. The fourth-order valence-corrected chi connectivity index (χ4v) is 15.0. The van der Waals surface area contributed by atoms with Crippen LogP contribution in [0, 0.1) is 52.3 Å². The van der Waals surface area contributed by atoms with Crippen LogP contribution in [0.15, 0.2) is 23.8 Å². The van der Waals surface area contributed by atoms with Crippen molar-refractivity contribution >= 4 is 23.7 Å². The molecule has 0 spiro atoms. The standard InChI is InChI=1S/C55H87FN2O15/c1-13-41-53(9,66)46(63)32(6)58(12)27-33-24-54(67,25-33)47(30(4)44(62)31(5)48(64)71-41)73-49-45(39(57(10)11)21-29(3)70-49)72-42(61)16-14-15-19-69-50(65)55(68)28(2)20-36-35-23-38(56)37-22-34(59)17-18-51(37,7)43(35)40(60)26-52(36,55)8/h17-18,22,28-33,35-36,38-41,43-47,49,60,62-63,66-68H,13-16,19-21,23-27H2,1-12H3/t28-,29-,30+,31-,32-,33-,35?,36?,38+,39-,40+,41-,43?,44+,45-,46-,47?,49+,51+,52+,53-,54-,55+/m1/s1. The number of hydrogen-bond acceptors (Lipinski definition) is 17. The minimum absolute atomic E-state index is 0.0559. The van der Waals surface area contributed by atoms with Gasteiger partial charge in [-0.2, -0.15) is 0 Å². The first-order valence-electron chi connectivity index (χ1n) is 27.0. The lowest BCUT2D eigenvalue weighted by Gasteiger charge is -2.59. The summed E-state index contributed by atoms with van der Waals surface area (Å²) >= 11 is 0. The highest BCUT2D eigenvalue weighted by Gasteiger charge is 2.72. The molecule has 18 heteroatoms. The number of alkyl halides is 1. The predicted molar refractivity (Wildman–Crippen MR) is 265 cm³/mol. The van der Waals surface area contributed by atoms with E-state index in [1.54, 1.807) is 40.7 Å². The summed E-state index contributed by atoms with van der Waals surface area (Å²) in [6, 6.07) is -0.944. The van der Waals surface area contributed by atoms with Crippen LogP contribution in [0.2, 0.25) is 0 Å². The molecule has 7 fully saturated rings. The first-order valence-corrected chi connectivity index (χ1v) is 27.0. The molecule has 0 aromatic carbocycles. The number of unbranched alkanes of at least 4 members (excludes halogenated alkanes) is 1. The molecule has 21 atom stereocenters. The average molecular weight is 1040 g/mol. The van der Waals surface area contributed by atoms with Crippen LogP contribution in [0.4, 0.5) is 4.39 Å². The number of fused-ring (bicyclic) bond motifs is 16. The fraction of sp³-hybridized carbons (Fsp3) is 0.855. The van der Waals surface area contributed by atoms with Gasteiger partial charge in [0.2, 0.25) is 0 Å². The Morgan fingerprint density at radius 1 is 0.959 bits per heavy atom. The van der Waals surface area contributed by atoms with E-state index in [1.165, 1.54) is 26.0 Å².